The second-order valence-electron chi connectivity index (χ2n) is 6.56. The molecule has 146 valence electrons. The van der Waals surface area contributed by atoms with E-state index >= 15 is 0 Å². The molecule has 0 aromatic rings. The number of halogens is 4. The summed E-state index contributed by atoms with van der Waals surface area (Å²) in [6.07, 6.45) is -3.88. The molecule has 2 saturated carbocycles. The van der Waals surface area contributed by atoms with Crippen molar-refractivity contribution in [1.82, 2.24) is 0 Å². The van der Waals surface area contributed by atoms with E-state index in [1.807, 2.05) is 0 Å². The number of hydrogen-bond acceptors (Lipinski definition) is 4. The zero-order valence-electron chi connectivity index (χ0n) is 13.4. The van der Waals surface area contributed by atoms with E-state index in [0.717, 1.165) is 0 Å². The van der Waals surface area contributed by atoms with Gasteiger partial charge in [-0.25, -0.2) is 25.6 Å². The quantitative estimate of drug-likeness (QED) is 0.648. The van der Waals surface area contributed by atoms with Crippen LogP contribution in [0.5, 0.6) is 0 Å². The van der Waals surface area contributed by atoms with Crippen molar-refractivity contribution in [2.45, 2.75) is 68.0 Å². The fourth-order valence-corrected chi connectivity index (χ4v) is 7.22. The maximum atomic E-state index is 13.2. The van der Waals surface area contributed by atoms with E-state index in [1.165, 1.54) is 0 Å². The molecule has 0 saturated heterocycles. The molecule has 5 nitrogen and oxygen atoms in total. The highest BCUT2D eigenvalue weighted by molar-refractivity contribution is 8.12. The van der Waals surface area contributed by atoms with Gasteiger partial charge in [0.05, 0.1) is 20.0 Å². The van der Waals surface area contributed by atoms with E-state index < -0.39 is 54.5 Å². The summed E-state index contributed by atoms with van der Waals surface area (Å²) < 4.78 is 103. The molecule has 0 aliphatic heterocycles. The van der Waals surface area contributed by atoms with Crippen molar-refractivity contribution in [2.24, 2.45) is 5.92 Å². The number of sulfonamides is 2. The first kappa shape index (κ1) is 20.6. The van der Waals surface area contributed by atoms with Crippen molar-refractivity contribution in [3.05, 3.63) is 16.0 Å². The van der Waals surface area contributed by atoms with Gasteiger partial charge < -0.3 is 4.13 Å². The van der Waals surface area contributed by atoms with Gasteiger partial charge in [-0.2, -0.15) is 8.78 Å². The normalized spacial score (nSPS) is 31.5. The summed E-state index contributed by atoms with van der Waals surface area (Å²) in [7, 11) is -8.65. The summed E-state index contributed by atoms with van der Waals surface area (Å²) in [5, 5.41) is -2.15. The molecule has 2 aliphatic carbocycles. The SMILES string of the molecule is O=S(=O)([N-]S(=O)(=O)C1CCC(C(F)=C(F)F)CC1)C1CCC(F)CC1. The number of rotatable bonds is 5. The smallest absolute Gasteiger partial charge is 0.301 e. The lowest BCUT2D eigenvalue weighted by Crippen LogP contribution is -2.32. The Kier molecular flexibility index (Phi) is 6.53. The van der Waals surface area contributed by atoms with Crippen molar-refractivity contribution >= 4 is 20.0 Å². The average Bonchev–Trinajstić information content (AvgIpc) is 2.53. The standard InChI is InChI=1S/C14H20F4NO4S2/c15-10-3-7-12(8-4-10)25(22,23)19-24(20,21)11-5-1-9(2-6-11)13(16)14(17)18/h9-12H,1-8H2/q-1. The molecule has 0 N–H and O–H groups in total. The van der Waals surface area contributed by atoms with Gasteiger partial charge in [0, 0.05) is 16.4 Å². The number of hydrogen-bond donors (Lipinski definition) is 0. The second-order valence-corrected chi connectivity index (χ2v) is 10.5. The molecular formula is C14H20F4NO4S2-. The Morgan fingerprint density at radius 1 is 0.720 bits per heavy atom. The van der Waals surface area contributed by atoms with Gasteiger partial charge in [0.2, 0.25) is 0 Å². The summed E-state index contributed by atoms with van der Waals surface area (Å²) in [4.78, 5) is 0. The molecule has 0 spiro atoms. The molecule has 2 aliphatic rings. The highest BCUT2D eigenvalue weighted by atomic mass is 32.3. The number of alkyl halides is 1. The summed E-state index contributed by atoms with van der Waals surface area (Å²) in [6, 6.07) is 0. The predicted octanol–water partition coefficient (Wildman–Crippen LogP) is 3.94. The third kappa shape index (κ3) is 5.16. The number of nitrogens with zero attached hydrogens (tertiary/aromatic N) is 1. The first-order chi connectivity index (χ1) is 11.5. The molecule has 0 aromatic carbocycles. The van der Waals surface area contributed by atoms with Crippen molar-refractivity contribution in [3.63, 3.8) is 0 Å². The zero-order chi connectivity index (χ0) is 18.8. The van der Waals surface area contributed by atoms with Gasteiger partial charge in [-0.05, 0) is 51.4 Å². The van der Waals surface area contributed by atoms with Gasteiger partial charge in [0.25, 0.3) is 0 Å². The van der Waals surface area contributed by atoms with E-state index in [2.05, 4.69) is 4.13 Å². The zero-order valence-corrected chi connectivity index (χ0v) is 15.0. The molecule has 25 heavy (non-hydrogen) atoms. The minimum Gasteiger partial charge on any atom is -0.436 e. The van der Waals surface area contributed by atoms with E-state index in [0.29, 0.717) is 0 Å². The Balaban J connectivity index is 1.99. The highest BCUT2D eigenvalue weighted by Gasteiger charge is 2.33. The van der Waals surface area contributed by atoms with Crippen LogP contribution in [-0.4, -0.2) is 33.5 Å². The molecule has 0 heterocycles. The van der Waals surface area contributed by atoms with Crippen LogP contribution in [0, 0.1) is 5.92 Å². The van der Waals surface area contributed by atoms with E-state index in [9.17, 15) is 34.4 Å². The highest BCUT2D eigenvalue weighted by Crippen LogP contribution is 2.38. The maximum absolute atomic E-state index is 13.2. The molecular weight excluding hydrogens is 386 g/mol. The van der Waals surface area contributed by atoms with Crippen molar-refractivity contribution in [2.75, 3.05) is 0 Å². The summed E-state index contributed by atoms with van der Waals surface area (Å²) >= 11 is 0. The van der Waals surface area contributed by atoms with Crippen LogP contribution in [-0.2, 0) is 20.0 Å². The Morgan fingerprint density at radius 2 is 1.12 bits per heavy atom. The van der Waals surface area contributed by atoms with Crippen LogP contribution in [0.1, 0.15) is 51.4 Å². The summed E-state index contributed by atoms with van der Waals surface area (Å²) in [5.41, 5.74) is 0. The third-order valence-electron chi connectivity index (χ3n) is 4.87. The lowest BCUT2D eigenvalue weighted by Gasteiger charge is -2.35. The van der Waals surface area contributed by atoms with E-state index in [4.69, 9.17) is 0 Å². The Labute approximate surface area is 145 Å². The Bertz CT molecular complexity index is 703. The van der Waals surface area contributed by atoms with Gasteiger partial charge in [-0.15, -0.1) is 0 Å². The maximum Gasteiger partial charge on any atom is 0.301 e. The molecule has 0 atom stereocenters. The minimum absolute atomic E-state index is 0.0149. The average molecular weight is 406 g/mol. The summed E-state index contributed by atoms with van der Waals surface area (Å²) in [5.74, 6) is -2.59. The number of allylic oxidation sites excluding steroid dienone is 1. The van der Waals surface area contributed by atoms with Crippen molar-refractivity contribution < 1.29 is 34.4 Å². The van der Waals surface area contributed by atoms with Crippen LogP contribution >= 0.6 is 0 Å². The lowest BCUT2D eigenvalue weighted by atomic mass is 9.88. The van der Waals surface area contributed by atoms with Crippen LogP contribution in [0.25, 0.3) is 4.13 Å². The minimum atomic E-state index is -4.36. The topological polar surface area (TPSA) is 82.4 Å². The third-order valence-corrected chi connectivity index (χ3v) is 9.16. The molecule has 0 unspecified atom stereocenters. The molecule has 0 aromatic heterocycles. The molecule has 2 rings (SSSR count). The van der Waals surface area contributed by atoms with Crippen molar-refractivity contribution in [3.8, 4) is 0 Å². The first-order valence-corrected chi connectivity index (χ1v) is 11.1. The fraction of sp³-hybridized carbons (Fsp3) is 0.857. The summed E-state index contributed by atoms with van der Waals surface area (Å²) in [6.45, 7) is 0. The Hall–Kier alpha value is -0.680. The van der Waals surface area contributed by atoms with E-state index in [-0.39, 0.29) is 51.4 Å². The molecule has 11 heteroatoms. The molecule has 0 bridgehead atoms. The first-order valence-electron chi connectivity index (χ1n) is 8.09. The molecule has 2 fully saturated rings. The van der Waals surface area contributed by atoms with E-state index in [1.54, 1.807) is 0 Å². The molecule has 0 amide bonds. The van der Waals surface area contributed by atoms with Gasteiger partial charge in [-0.1, -0.05) is 0 Å². The van der Waals surface area contributed by atoms with Gasteiger partial charge in [-0.3, -0.25) is 0 Å². The lowest BCUT2D eigenvalue weighted by molar-refractivity contribution is 0.252. The van der Waals surface area contributed by atoms with Gasteiger partial charge in [0.15, 0.2) is 5.83 Å². The predicted molar refractivity (Wildman–Crippen MR) is 84.4 cm³/mol. The Morgan fingerprint density at radius 3 is 1.52 bits per heavy atom. The largest absolute Gasteiger partial charge is 0.436 e. The van der Waals surface area contributed by atoms with Gasteiger partial charge >= 0.3 is 6.08 Å². The van der Waals surface area contributed by atoms with Crippen LogP contribution in [0.4, 0.5) is 17.6 Å². The van der Waals surface area contributed by atoms with Crippen LogP contribution in [0.3, 0.4) is 0 Å². The van der Waals surface area contributed by atoms with Crippen LogP contribution < -0.4 is 0 Å². The fourth-order valence-electron chi connectivity index (χ4n) is 3.35. The van der Waals surface area contributed by atoms with Gasteiger partial charge in [0.1, 0.15) is 6.17 Å². The molecule has 0 radical (unpaired) electrons. The second kappa shape index (κ2) is 7.91. The van der Waals surface area contributed by atoms with Crippen LogP contribution in [0.2, 0.25) is 0 Å². The monoisotopic (exact) mass is 406 g/mol. The van der Waals surface area contributed by atoms with Crippen LogP contribution in [0.15, 0.2) is 11.9 Å². The van der Waals surface area contributed by atoms with Crippen molar-refractivity contribution in [1.29, 1.82) is 0 Å².